The second-order valence-electron chi connectivity index (χ2n) is 14.1. The molecule has 1 aliphatic rings. The summed E-state index contributed by atoms with van der Waals surface area (Å²) in [7, 11) is 0. The zero-order valence-corrected chi connectivity index (χ0v) is 29.7. The second-order valence-corrected chi connectivity index (χ2v) is 15.2. The van der Waals surface area contributed by atoms with Crippen LogP contribution in [0.3, 0.4) is 0 Å². The summed E-state index contributed by atoms with van der Waals surface area (Å²) < 4.78 is 2.60. The fourth-order valence-electron chi connectivity index (χ4n) is 9.02. The van der Waals surface area contributed by atoms with Gasteiger partial charge in [0.15, 0.2) is 0 Å². The molecule has 10 aromatic rings. The number of thiophene rings is 1. The van der Waals surface area contributed by atoms with Crippen LogP contribution < -0.4 is 4.90 Å². The molecule has 0 unspecified atom stereocenters. The van der Waals surface area contributed by atoms with E-state index in [-0.39, 0.29) is 0 Å². The summed E-state index contributed by atoms with van der Waals surface area (Å²) >= 11 is 1.86. The van der Waals surface area contributed by atoms with E-state index in [1.807, 2.05) is 11.3 Å². The largest absolute Gasteiger partial charge is 0.310 e. The van der Waals surface area contributed by atoms with E-state index in [0.717, 1.165) is 17.1 Å². The average molecular weight is 692 g/mol. The number of hydrogen-bond acceptors (Lipinski definition) is 2. The molecule has 0 amide bonds. The molecule has 248 valence electrons. The van der Waals surface area contributed by atoms with Crippen LogP contribution in [0.2, 0.25) is 0 Å². The van der Waals surface area contributed by atoms with Crippen LogP contribution in [0, 0.1) is 0 Å². The number of rotatable bonds is 6. The van der Waals surface area contributed by atoms with Gasteiger partial charge in [0.1, 0.15) is 0 Å². The summed E-state index contributed by atoms with van der Waals surface area (Å²) in [5, 5.41) is 7.90. The van der Waals surface area contributed by atoms with Crippen LogP contribution in [0.1, 0.15) is 22.3 Å². The molecule has 1 aromatic heterocycles. The third kappa shape index (κ3) is 4.49. The fraction of sp³-hybridized carbons (Fsp3) is 0.0196. The van der Waals surface area contributed by atoms with Gasteiger partial charge in [-0.25, -0.2) is 0 Å². The quantitative estimate of drug-likeness (QED) is 0.157. The van der Waals surface area contributed by atoms with Crippen molar-refractivity contribution >= 4 is 70.1 Å². The molecule has 11 rings (SSSR count). The highest BCUT2D eigenvalue weighted by Crippen LogP contribution is 2.56. The van der Waals surface area contributed by atoms with Crippen LogP contribution in [0.5, 0.6) is 0 Å². The average Bonchev–Trinajstić information content (AvgIpc) is 3.76. The third-order valence-corrected chi connectivity index (χ3v) is 12.4. The summed E-state index contributed by atoms with van der Waals surface area (Å²) in [5.74, 6) is 0. The Morgan fingerprint density at radius 1 is 0.358 bits per heavy atom. The molecule has 9 aromatic carbocycles. The lowest BCUT2D eigenvalue weighted by molar-refractivity contribution is 0.771. The van der Waals surface area contributed by atoms with Gasteiger partial charge in [0.05, 0.1) is 5.41 Å². The lowest BCUT2D eigenvalue weighted by Gasteiger charge is -2.35. The van der Waals surface area contributed by atoms with E-state index in [0.29, 0.717) is 0 Å². The fourth-order valence-corrected chi connectivity index (χ4v) is 10.2. The maximum Gasteiger partial charge on any atom is 0.0714 e. The highest BCUT2D eigenvalue weighted by Gasteiger charge is 2.45. The molecule has 0 fully saturated rings. The lowest BCUT2D eigenvalue weighted by atomic mass is 9.67. The van der Waals surface area contributed by atoms with Crippen molar-refractivity contribution in [2.24, 2.45) is 0 Å². The number of anilines is 3. The van der Waals surface area contributed by atoms with Gasteiger partial charge in [-0.3, -0.25) is 0 Å². The number of fused-ring (bicyclic) bond motifs is 3. The second kappa shape index (κ2) is 11.8. The van der Waals surface area contributed by atoms with Gasteiger partial charge in [-0.1, -0.05) is 158 Å². The van der Waals surface area contributed by atoms with Crippen molar-refractivity contribution < 1.29 is 0 Å². The van der Waals surface area contributed by atoms with Crippen LogP contribution >= 0.6 is 11.3 Å². The van der Waals surface area contributed by atoms with Crippen LogP contribution in [0.25, 0.3) is 52.8 Å². The van der Waals surface area contributed by atoms with Gasteiger partial charge >= 0.3 is 0 Å². The Labute approximate surface area is 312 Å². The molecular formula is C51H33NS. The normalized spacial score (nSPS) is 13.1. The standard InChI is InChI=1S/C51H33NS/c1-3-12-34(13-4-1)35-26-28-40(29-27-35)52(42-30-31-44-43-20-7-8-23-47(43)53-48(44)33-42)41-19-11-18-39(32-41)51(38-16-5-2-6-17-38)45-21-9-14-36-24-25-37-15-10-22-46(51)50(37)49(36)45/h1-33H. The first-order valence-electron chi connectivity index (χ1n) is 18.3. The summed E-state index contributed by atoms with van der Waals surface area (Å²) in [4.78, 5) is 2.43. The molecule has 0 N–H and O–H groups in total. The summed E-state index contributed by atoms with van der Waals surface area (Å²) in [6, 6.07) is 74.1. The molecule has 0 radical (unpaired) electrons. The monoisotopic (exact) mass is 691 g/mol. The first-order chi connectivity index (χ1) is 26.3. The minimum Gasteiger partial charge on any atom is -0.310 e. The predicted molar refractivity (Wildman–Crippen MR) is 226 cm³/mol. The highest BCUT2D eigenvalue weighted by atomic mass is 32.1. The Kier molecular flexibility index (Phi) is 6.71. The van der Waals surface area contributed by atoms with Crippen molar-refractivity contribution in [1.82, 2.24) is 0 Å². The van der Waals surface area contributed by atoms with Gasteiger partial charge < -0.3 is 4.90 Å². The zero-order chi connectivity index (χ0) is 34.9. The Morgan fingerprint density at radius 2 is 0.925 bits per heavy atom. The first kappa shape index (κ1) is 30.2. The van der Waals surface area contributed by atoms with Gasteiger partial charge in [0.25, 0.3) is 0 Å². The Balaban J connectivity index is 1.16. The molecule has 1 heterocycles. The molecule has 0 saturated carbocycles. The van der Waals surface area contributed by atoms with Crippen LogP contribution in [-0.4, -0.2) is 0 Å². The smallest absolute Gasteiger partial charge is 0.0714 e. The Morgan fingerprint density at radius 3 is 1.66 bits per heavy atom. The number of benzene rings is 9. The van der Waals surface area contributed by atoms with Gasteiger partial charge in [0.2, 0.25) is 0 Å². The van der Waals surface area contributed by atoms with Crippen LogP contribution in [-0.2, 0) is 5.41 Å². The topological polar surface area (TPSA) is 3.24 Å². The van der Waals surface area contributed by atoms with Crippen molar-refractivity contribution in [2.75, 3.05) is 4.90 Å². The summed E-state index contributed by atoms with van der Waals surface area (Å²) in [6.45, 7) is 0. The minimum atomic E-state index is -0.488. The number of hydrogen-bond donors (Lipinski definition) is 0. The molecule has 1 aliphatic carbocycles. The molecular weight excluding hydrogens is 659 g/mol. The van der Waals surface area contributed by atoms with E-state index in [1.54, 1.807) is 0 Å². The molecule has 0 spiro atoms. The van der Waals surface area contributed by atoms with E-state index in [4.69, 9.17) is 0 Å². The minimum absolute atomic E-state index is 0.488. The molecule has 0 aliphatic heterocycles. The van der Waals surface area contributed by atoms with Crippen molar-refractivity contribution in [1.29, 1.82) is 0 Å². The van der Waals surface area contributed by atoms with Crippen molar-refractivity contribution in [3.8, 4) is 11.1 Å². The van der Waals surface area contributed by atoms with Gasteiger partial charge in [0, 0.05) is 37.2 Å². The molecule has 0 atom stereocenters. The molecule has 0 bridgehead atoms. The van der Waals surface area contributed by atoms with Crippen LogP contribution in [0.15, 0.2) is 200 Å². The number of nitrogens with zero attached hydrogens (tertiary/aromatic N) is 1. The summed E-state index contributed by atoms with van der Waals surface area (Å²) in [5.41, 5.74) is 10.5. The Bertz CT molecular complexity index is 2930. The maximum atomic E-state index is 2.44. The van der Waals surface area contributed by atoms with Gasteiger partial charge in [-0.05, 0) is 97.4 Å². The Hall–Kier alpha value is -6.48. The third-order valence-electron chi connectivity index (χ3n) is 11.3. The van der Waals surface area contributed by atoms with Crippen LogP contribution in [0.4, 0.5) is 17.1 Å². The SMILES string of the molecule is c1ccc(-c2ccc(N(c3cccc(C4(c5ccccc5)c5cccc6ccc7cccc4c7c56)c3)c3ccc4c(c3)sc3ccccc34)cc2)cc1. The predicted octanol–water partition coefficient (Wildman–Crippen LogP) is 14.2. The van der Waals surface area contributed by atoms with E-state index >= 15 is 0 Å². The lowest BCUT2D eigenvalue weighted by Crippen LogP contribution is -2.29. The van der Waals surface area contributed by atoms with Gasteiger partial charge in [-0.15, -0.1) is 11.3 Å². The van der Waals surface area contributed by atoms with E-state index in [9.17, 15) is 0 Å². The summed E-state index contributed by atoms with van der Waals surface area (Å²) in [6.07, 6.45) is 0. The van der Waals surface area contributed by atoms with Crippen molar-refractivity contribution in [3.63, 3.8) is 0 Å². The van der Waals surface area contributed by atoms with Gasteiger partial charge in [-0.2, -0.15) is 0 Å². The molecule has 2 heteroatoms. The zero-order valence-electron chi connectivity index (χ0n) is 28.9. The first-order valence-corrected chi connectivity index (χ1v) is 19.1. The van der Waals surface area contributed by atoms with E-state index in [2.05, 4.69) is 205 Å². The molecule has 53 heavy (non-hydrogen) atoms. The van der Waals surface area contributed by atoms with Crippen molar-refractivity contribution in [3.05, 3.63) is 222 Å². The maximum absolute atomic E-state index is 2.44. The highest BCUT2D eigenvalue weighted by molar-refractivity contribution is 7.25. The van der Waals surface area contributed by atoms with E-state index in [1.165, 1.54) is 75.1 Å². The molecule has 0 saturated heterocycles. The van der Waals surface area contributed by atoms with E-state index < -0.39 is 5.41 Å². The molecule has 1 nitrogen and oxygen atoms in total. The van der Waals surface area contributed by atoms with Crippen molar-refractivity contribution in [2.45, 2.75) is 5.41 Å².